The van der Waals surface area contributed by atoms with Crippen molar-refractivity contribution < 1.29 is 13.7 Å². The van der Waals surface area contributed by atoms with Crippen molar-refractivity contribution in [1.29, 1.82) is 0 Å². The van der Waals surface area contributed by atoms with Gasteiger partial charge in [-0.05, 0) is 23.8 Å². The zero-order chi connectivity index (χ0) is 18.4. The number of methoxy groups -OCH3 is 1. The number of benzene rings is 1. The average Bonchev–Trinajstić information content (AvgIpc) is 2.62. The summed E-state index contributed by atoms with van der Waals surface area (Å²) in [5, 5.41) is 2.75. The van der Waals surface area contributed by atoms with Crippen LogP contribution in [0.1, 0.15) is 5.56 Å². The van der Waals surface area contributed by atoms with E-state index in [9.17, 15) is 9.00 Å². The fraction of sp³-hybridized carbons (Fsp3) is 0.125. The first kappa shape index (κ1) is 19.7. The SMILES string of the molecule is COc1ccc(NC(=O)/C(Cl)=C(/Cl)[S@](=O)Cc2ccc(Cl)cc2)cn1. The molecule has 2 rings (SSSR count). The Morgan fingerprint density at radius 1 is 1.20 bits per heavy atom. The number of hydrogen-bond acceptors (Lipinski definition) is 4. The molecule has 0 saturated carbocycles. The van der Waals surface area contributed by atoms with E-state index in [2.05, 4.69) is 10.3 Å². The van der Waals surface area contributed by atoms with E-state index in [1.165, 1.54) is 13.3 Å². The fourth-order valence-corrected chi connectivity index (χ4v) is 3.34. The highest BCUT2D eigenvalue weighted by Gasteiger charge is 2.17. The molecule has 1 N–H and O–H groups in total. The van der Waals surface area contributed by atoms with E-state index in [1.54, 1.807) is 36.4 Å². The first-order chi connectivity index (χ1) is 11.9. The van der Waals surface area contributed by atoms with Crippen LogP contribution in [0.2, 0.25) is 5.02 Å². The van der Waals surface area contributed by atoms with Gasteiger partial charge in [-0.15, -0.1) is 0 Å². The molecule has 1 heterocycles. The molecule has 1 atom stereocenters. The van der Waals surface area contributed by atoms with Gasteiger partial charge in [-0.1, -0.05) is 46.9 Å². The molecule has 1 aromatic heterocycles. The van der Waals surface area contributed by atoms with Gasteiger partial charge < -0.3 is 10.1 Å². The van der Waals surface area contributed by atoms with Crippen molar-refractivity contribution in [1.82, 2.24) is 4.98 Å². The van der Waals surface area contributed by atoms with Gasteiger partial charge in [-0.3, -0.25) is 9.00 Å². The maximum atomic E-state index is 12.3. The summed E-state index contributed by atoms with van der Waals surface area (Å²) in [5.74, 6) is -0.159. The summed E-state index contributed by atoms with van der Waals surface area (Å²) in [4.78, 5) is 16.1. The molecule has 0 aliphatic heterocycles. The normalized spacial score (nSPS) is 13.0. The van der Waals surface area contributed by atoms with Crippen molar-refractivity contribution in [2.24, 2.45) is 0 Å². The van der Waals surface area contributed by atoms with E-state index in [0.29, 0.717) is 16.6 Å². The number of anilines is 1. The van der Waals surface area contributed by atoms with E-state index < -0.39 is 16.7 Å². The summed E-state index contributed by atoms with van der Waals surface area (Å²) in [6, 6.07) is 9.97. The quantitative estimate of drug-likeness (QED) is 0.710. The summed E-state index contributed by atoms with van der Waals surface area (Å²) < 4.78 is 17.0. The molecule has 5 nitrogen and oxygen atoms in total. The molecule has 2 aromatic rings. The molecule has 0 bridgehead atoms. The topological polar surface area (TPSA) is 68.3 Å². The van der Waals surface area contributed by atoms with Crippen LogP contribution in [0.5, 0.6) is 5.88 Å². The molecule has 0 spiro atoms. The maximum Gasteiger partial charge on any atom is 0.269 e. The van der Waals surface area contributed by atoms with Crippen LogP contribution in [0.15, 0.2) is 52.0 Å². The average molecular weight is 420 g/mol. The fourth-order valence-electron chi connectivity index (χ4n) is 1.75. The second-order valence-corrected chi connectivity index (χ2v) is 7.55. The smallest absolute Gasteiger partial charge is 0.269 e. The predicted molar refractivity (Wildman–Crippen MR) is 101 cm³/mol. The first-order valence-corrected chi connectivity index (χ1v) is 9.35. The van der Waals surface area contributed by atoms with Gasteiger partial charge in [0.1, 0.15) is 9.40 Å². The van der Waals surface area contributed by atoms with Crippen LogP contribution in [-0.4, -0.2) is 22.2 Å². The van der Waals surface area contributed by atoms with Crippen LogP contribution in [0.3, 0.4) is 0 Å². The number of pyridine rings is 1. The summed E-state index contributed by atoms with van der Waals surface area (Å²) in [6.07, 6.45) is 1.40. The number of halogens is 3. The van der Waals surface area contributed by atoms with Crippen molar-refractivity contribution in [2.45, 2.75) is 5.75 Å². The molecule has 0 radical (unpaired) electrons. The van der Waals surface area contributed by atoms with Gasteiger partial charge in [0.25, 0.3) is 5.91 Å². The minimum atomic E-state index is -1.66. The number of carbonyl (C=O) groups is 1. The van der Waals surface area contributed by atoms with Crippen LogP contribution in [0.25, 0.3) is 0 Å². The van der Waals surface area contributed by atoms with Crippen LogP contribution >= 0.6 is 34.8 Å². The Hall–Kier alpha value is -1.60. The van der Waals surface area contributed by atoms with E-state index in [0.717, 1.165) is 5.56 Å². The van der Waals surface area contributed by atoms with Crippen molar-refractivity contribution in [3.05, 3.63) is 62.6 Å². The highest BCUT2D eigenvalue weighted by Crippen LogP contribution is 2.23. The summed E-state index contributed by atoms with van der Waals surface area (Å²) in [6.45, 7) is 0. The lowest BCUT2D eigenvalue weighted by molar-refractivity contribution is -0.112. The summed E-state index contributed by atoms with van der Waals surface area (Å²) in [7, 11) is -0.180. The van der Waals surface area contributed by atoms with Crippen molar-refractivity contribution in [3.8, 4) is 5.88 Å². The zero-order valence-corrected chi connectivity index (χ0v) is 16.0. The van der Waals surface area contributed by atoms with Gasteiger partial charge in [0, 0.05) is 11.1 Å². The van der Waals surface area contributed by atoms with Gasteiger partial charge in [0.05, 0.1) is 35.5 Å². The summed E-state index contributed by atoms with van der Waals surface area (Å²) in [5.41, 5.74) is 1.15. The van der Waals surface area contributed by atoms with E-state index in [4.69, 9.17) is 39.5 Å². The molecule has 0 saturated heterocycles. The predicted octanol–water partition coefficient (Wildman–Crippen LogP) is 4.28. The Morgan fingerprint density at radius 3 is 2.44 bits per heavy atom. The van der Waals surface area contributed by atoms with Gasteiger partial charge >= 0.3 is 0 Å². The van der Waals surface area contributed by atoms with E-state index in [-0.39, 0.29) is 15.1 Å². The Labute approximate surface area is 162 Å². The summed E-state index contributed by atoms with van der Waals surface area (Å²) >= 11 is 17.8. The lowest BCUT2D eigenvalue weighted by atomic mass is 10.2. The lowest BCUT2D eigenvalue weighted by Crippen LogP contribution is -2.14. The number of rotatable bonds is 6. The second-order valence-electron chi connectivity index (χ2n) is 4.75. The van der Waals surface area contributed by atoms with Crippen LogP contribution in [-0.2, 0) is 21.3 Å². The van der Waals surface area contributed by atoms with Crippen LogP contribution < -0.4 is 10.1 Å². The minimum Gasteiger partial charge on any atom is -0.481 e. The van der Waals surface area contributed by atoms with Gasteiger partial charge in [0.2, 0.25) is 5.88 Å². The van der Waals surface area contributed by atoms with Crippen molar-refractivity contribution in [2.75, 3.05) is 12.4 Å². The number of ether oxygens (including phenoxy) is 1. The largest absolute Gasteiger partial charge is 0.481 e. The van der Waals surface area contributed by atoms with Crippen molar-refractivity contribution in [3.63, 3.8) is 0 Å². The Morgan fingerprint density at radius 2 is 1.88 bits per heavy atom. The van der Waals surface area contributed by atoms with Crippen LogP contribution in [0.4, 0.5) is 5.69 Å². The number of hydrogen-bond donors (Lipinski definition) is 1. The molecule has 1 amide bonds. The molecule has 0 unspecified atom stereocenters. The van der Waals surface area contributed by atoms with Gasteiger partial charge in [-0.25, -0.2) is 4.98 Å². The Bertz CT molecular complexity index is 808. The molecule has 0 aliphatic carbocycles. The van der Waals surface area contributed by atoms with E-state index in [1.807, 2.05) is 0 Å². The minimum absolute atomic E-state index is 0.115. The third-order valence-electron chi connectivity index (χ3n) is 2.99. The number of nitrogens with one attached hydrogen (secondary N) is 1. The molecular formula is C16H13Cl3N2O3S. The molecule has 9 heteroatoms. The molecule has 0 aliphatic rings. The Kier molecular flexibility index (Phi) is 7.25. The standard InChI is InChI=1S/C16H13Cl3N2O3S/c1-24-13-7-6-12(8-20-13)21-16(22)14(18)15(19)25(23)9-10-2-4-11(17)5-3-10/h2-8H,9H2,1H3,(H,21,22)/b15-14+/t25-/m1/s1. The molecule has 132 valence electrons. The maximum absolute atomic E-state index is 12.3. The molecule has 25 heavy (non-hydrogen) atoms. The number of nitrogens with zero attached hydrogens (tertiary/aromatic N) is 1. The van der Waals surface area contributed by atoms with Crippen molar-refractivity contribution >= 4 is 57.2 Å². The highest BCUT2D eigenvalue weighted by atomic mass is 35.5. The van der Waals surface area contributed by atoms with E-state index >= 15 is 0 Å². The molecule has 0 fully saturated rings. The first-order valence-electron chi connectivity index (χ1n) is 6.90. The third-order valence-corrected chi connectivity index (χ3v) is 5.71. The van der Waals surface area contributed by atoms with Gasteiger partial charge in [-0.2, -0.15) is 0 Å². The number of aromatic nitrogens is 1. The van der Waals surface area contributed by atoms with Gasteiger partial charge in [0.15, 0.2) is 0 Å². The third kappa shape index (κ3) is 5.71. The highest BCUT2D eigenvalue weighted by molar-refractivity contribution is 7.90. The number of amides is 1. The second kappa shape index (κ2) is 9.20. The van der Waals surface area contributed by atoms with Crippen LogP contribution in [0, 0.1) is 0 Å². The Balaban J connectivity index is 2.06. The zero-order valence-electron chi connectivity index (χ0n) is 13.0. The lowest BCUT2D eigenvalue weighted by Gasteiger charge is -2.07. The molecular weight excluding hydrogens is 407 g/mol. The number of carbonyl (C=O) groups excluding carboxylic acids is 1. The monoisotopic (exact) mass is 418 g/mol. The molecule has 1 aromatic carbocycles.